The van der Waals surface area contributed by atoms with Crippen molar-refractivity contribution in [1.29, 1.82) is 0 Å². The van der Waals surface area contributed by atoms with Crippen LogP contribution in [0.25, 0.3) is 0 Å². The number of benzene rings is 1. The van der Waals surface area contributed by atoms with Crippen LogP contribution in [0.15, 0.2) is 23.1 Å². The molecular formula is C13H19ClN2O2S. The van der Waals surface area contributed by atoms with Gasteiger partial charge in [-0.3, -0.25) is 0 Å². The largest absolute Gasteiger partial charge is 0.398 e. The summed E-state index contributed by atoms with van der Waals surface area (Å²) in [6.45, 7) is 4.64. The molecule has 19 heavy (non-hydrogen) atoms. The fraction of sp³-hybridized carbons (Fsp3) is 0.538. The van der Waals surface area contributed by atoms with Gasteiger partial charge in [0.25, 0.3) is 0 Å². The van der Waals surface area contributed by atoms with E-state index in [-0.39, 0.29) is 16.6 Å². The molecule has 2 atom stereocenters. The first kappa shape index (κ1) is 14.6. The molecule has 4 nitrogen and oxygen atoms in total. The Morgan fingerprint density at radius 2 is 2.05 bits per heavy atom. The molecule has 0 radical (unpaired) electrons. The number of nitrogens with two attached hydrogens (primary N) is 1. The molecule has 1 aliphatic rings. The van der Waals surface area contributed by atoms with Crippen LogP contribution in [0.2, 0.25) is 5.02 Å². The van der Waals surface area contributed by atoms with E-state index in [9.17, 15) is 8.42 Å². The molecule has 0 amide bonds. The molecule has 1 aliphatic heterocycles. The summed E-state index contributed by atoms with van der Waals surface area (Å²) < 4.78 is 26.8. The van der Waals surface area contributed by atoms with E-state index in [1.165, 1.54) is 12.1 Å². The highest BCUT2D eigenvalue weighted by Gasteiger charge is 2.34. The number of sulfonamides is 1. The summed E-state index contributed by atoms with van der Waals surface area (Å²) in [6, 6.07) is 4.52. The van der Waals surface area contributed by atoms with Gasteiger partial charge in [0.15, 0.2) is 0 Å². The highest BCUT2D eigenvalue weighted by Crippen LogP contribution is 2.31. The van der Waals surface area contributed by atoms with E-state index >= 15 is 0 Å². The first-order chi connectivity index (χ1) is 8.82. The van der Waals surface area contributed by atoms with Crippen LogP contribution in [-0.2, 0) is 10.0 Å². The van der Waals surface area contributed by atoms with Crippen molar-refractivity contribution in [3.8, 4) is 0 Å². The molecule has 1 fully saturated rings. The van der Waals surface area contributed by atoms with Crippen LogP contribution in [0.4, 0.5) is 5.69 Å². The second kappa shape index (κ2) is 5.31. The van der Waals surface area contributed by atoms with Gasteiger partial charge in [-0.1, -0.05) is 18.5 Å². The molecule has 0 aromatic heterocycles. The summed E-state index contributed by atoms with van der Waals surface area (Å²) in [4.78, 5) is 0.151. The number of rotatable bonds is 2. The molecule has 1 aromatic carbocycles. The molecule has 0 saturated carbocycles. The molecule has 2 rings (SSSR count). The summed E-state index contributed by atoms with van der Waals surface area (Å²) in [5, 5.41) is 0.441. The summed E-state index contributed by atoms with van der Waals surface area (Å²) in [6.07, 6.45) is 1.77. The lowest BCUT2D eigenvalue weighted by molar-refractivity contribution is 0.220. The topological polar surface area (TPSA) is 63.4 Å². The number of hydrogen-bond donors (Lipinski definition) is 1. The number of anilines is 1. The summed E-state index contributed by atoms with van der Waals surface area (Å²) >= 11 is 5.81. The Morgan fingerprint density at radius 1 is 1.37 bits per heavy atom. The highest BCUT2D eigenvalue weighted by atomic mass is 35.5. The zero-order chi connectivity index (χ0) is 14.2. The van der Waals surface area contributed by atoms with E-state index in [0.29, 0.717) is 17.5 Å². The Bertz CT molecular complexity index is 574. The Labute approximate surface area is 119 Å². The van der Waals surface area contributed by atoms with Crippen LogP contribution >= 0.6 is 11.6 Å². The number of nitrogen functional groups attached to an aromatic ring is 1. The fourth-order valence-corrected chi connectivity index (χ4v) is 4.56. The minimum Gasteiger partial charge on any atom is -0.398 e. The van der Waals surface area contributed by atoms with Gasteiger partial charge in [-0.2, -0.15) is 4.31 Å². The number of halogens is 1. The predicted molar refractivity (Wildman–Crippen MR) is 77.6 cm³/mol. The summed E-state index contributed by atoms with van der Waals surface area (Å²) in [5.74, 6) is 0.559. The molecule has 1 aromatic rings. The summed E-state index contributed by atoms with van der Waals surface area (Å²) in [5.41, 5.74) is 6.00. The molecule has 0 spiro atoms. The van der Waals surface area contributed by atoms with Gasteiger partial charge in [-0.15, -0.1) is 0 Å². The Kier molecular flexibility index (Phi) is 4.08. The fourth-order valence-electron chi connectivity index (χ4n) is 2.62. The minimum absolute atomic E-state index is 0.00354. The predicted octanol–water partition coefficient (Wildman–Crippen LogP) is 2.73. The zero-order valence-corrected chi connectivity index (χ0v) is 12.7. The Morgan fingerprint density at radius 3 is 2.63 bits per heavy atom. The van der Waals surface area contributed by atoms with E-state index in [1.807, 2.05) is 6.92 Å². The third-order valence-corrected chi connectivity index (χ3v) is 5.96. The molecule has 0 aliphatic carbocycles. The van der Waals surface area contributed by atoms with Crippen LogP contribution in [-0.4, -0.2) is 25.3 Å². The van der Waals surface area contributed by atoms with E-state index in [4.69, 9.17) is 17.3 Å². The van der Waals surface area contributed by atoms with Gasteiger partial charge in [0.1, 0.15) is 4.90 Å². The molecule has 1 heterocycles. The third kappa shape index (κ3) is 2.88. The molecule has 106 valence electrons. The van der Waals surface area contributed by atoms with Gasteiger partial charge in [-0.05, 0) is 43.9 Å². The van der Waals surface area contributed by atoms with E-state index in [1.54, 1.807) is 10.4 Å². The standard InChI is InChI=1S/C13H19ClN2O2S/c1-9-5-6-16(10(2)7-9)19(17,18)13-4-3-11(14)8-12(13)15/h3-4,8-10H,5-7,15H2,1-2H3. The van der Waals surface area contributed by atoms with Crippen LogP contribution < -0.4 is 5.73 Å². The minimum atomic E-state index is -3.53. The highest BCUT2D eigenvalue weighted by molar-refractivity contribution is 7.89. The zero-order valence-electron chi connectivity index (χ0n) is 11.1. The monoisotopic (exact) mass is 302 g/mol. The lowest BCUT2D eigenvalue weighted by atomic mass is 9.95. The Hall–Kier alpha value is -0.780. The first-order valence-corrected chi connectivity index (χ1v) is 8.21. The maximum Gasteiger partial charge on any atom is 0.245 e. The van der Waals surface area contributed by atoms with Crippen molar-refractivity contribution in [2.45, 2.75) is 37.6 Å². The van der Waals surface area contributed by atoms with Crippen molar-refractivity contribution < 1.29 is 8.42 Å². The van der Waals surface area contributed by atoms with Crippen molar-refractivity contribution in [3.63, 3.8) is 0 Å². The van der Waals surface area contributed by atoms with Gasteiger partial charge in [-0.25, -0.2) is 8.42 Å². The molecule has 1 saturated heterocycles. The maximum absolute atomic E-state index is 12.6. The molecule has 2 N–H and O–H groups in total. The quantitative estimate of drug-likeness (QED) is 0.854. The first-order valence-electron chi connectivity index (χ1n) is 6.39. The molecule has 0 bridgehead atoms. The maximum atomic E-state index is 12.6. The summed E-state index contributed by atoms with van der Waals surface area (Å²) in [7, 11) is -3.53. The van der Waals surface area contributed by atoms with Crippen molar-refractivity contribution >= 4 is 27.3 Å². The van der Waals surface area contributed by atoms with Crippen LogP contribution in [0.1, 0.15) is 26.7 Å². The molecule has 6 heteroatoms. The average Bonchev–Trinajstić information content (AvgIpc) is 2.27. The SMILES string of the molecule is CC1CCN(S(=O)(=O)c2ccc(Cl)cc2N)C(C)C1. The van der Waals surface area contributed by atoms with Crippen molar-refractivity contribution in [3.05, 3.63) is 23.2 Å². The second-order valence-corrected chi connectivity index (χ2v) is 7.57. The average molecular weight is 303 g/mol. The van der Waals surface area contributed by atoms with Crippen molar-refractivity contribution in [1.82, 2.24) is 4.31 Å². The van der Waals surface area contributed by atoms with Crippen molar-refractivity contribution in [2.24, 2.45) is 5.92 Å². The second-order valence-electron chi connectivity index (χ2n) is 5.28. The third-order valence-electron chi connectivity index (χ3n) is 3.64. The van der Waals surface area contributed by atoms with Gasteiger partial charge in [0, 0.05) is 17.6 Å². The van der Waals surface area contributed by atoms with E-state index in [2.05, 4.69) is 6.92 Å². The van der Waals surface area contributed by atoms with Gasteiger partial charge in [0.2, 0.25) is 10.0 Å². The normalized spacial score (nSPS) is 25.4. The number of hydrogen-bond acceptors (Lipinski definition) is 3. The molecular weight excluding hydrogens is 284 g/mol. The number of nitrogens with zero attached hydrogens (tertiary/aromatic N) is 1. The number of piperidine rings is 1. The van der Waals surface area contributed by atoms with Crippen LogP contribution in [0.3, 0.4) is 0 Å². The lowest BCUT2D eigenvalue weighted by Gasteiger charge is -2.35. The van der Waals surface area contributed by atoms with Gasteiger partial charge in [0.05, 0.1) is 5.69 Å². The smallest absolute Gasteiger partial charge is 0.245 e. The van der Waals surface area contributed by atoms with E-state index < -0.39 is 10.0 Å². The molecule has 2 unspecified atom stereocenters. The van der Waals surface area contributed by atoms with Gasteiger partial charge >= 0.3 is 0 Å². The van der Waals surface area contributed by atoms with Crippen LogP contribution in [0.5, 0.6) is 0 Å². The van der Waals surface area contributed by atoms with Crippen molar-refractivity contribution in [2.75, 3.05) is 12.3 Å². The van der Waals surface area contributed by atoms with Gasteiger partial charge < -0.3 is 5.73 Å². The Balaban J connectivity index is 2.37. The van der Waals surface area contributed by atoms with E-state index in [0.717, 1.165) is 12.8 Å². The lowest BCUT2D eigenvalue weighted by Crippen LogP contribution is -2.44. The van der Waals surface area contributed by atoms with Crippen LogP contribution in [0, 0.1) is 5.92 Å².